The molecule has 1 N–H and O–H groups in total. The minimum atomic E-state index is -0.152. The van der Waals surface area contributed by atoms with Gasteiger partial charge in [-0.2, -0.15) is 0 Å². The van der Waals surface area contributed by atoms with Crippen molar-refractivity contribution in [3.8, 4) is 0 Å². The van der Waals surface area contributed by atoms with Gasteiger partial charge in [-0.1, -0.05) is 32.9 Å². The minimum Gasteiger partial charge on any atom is -0.468 e. The van der Waals surface area contributed by atoms with Crippen LogP contribution in [0.1, 0.15) is 67.2 Å². The van der Waals surface area contributed by atoms with Crippen LogP contribution in [0.25, 0.3) is 0 Å². The van der Waals surface area contributed by atoms with Gasteiger partial charge in [0.25, 0.3) is 5.91 Å². The Morgan fingerprint density at radius 3 is 2.58 bits per heavy atom. The Kier molecular flexibility index (Phi) is 6.20. The number of furan rings is 1. The third kappa shape index (κ3) is 3.87. The van der Waals surface area contributed by atoms with Crippen LogP contribution in [0.3, 0.4) is 0 Å². The quantitative estimate of drug-likeness (QED) is 0.800. The summed E-state index contributed by atoms with van der Waals surface area (Å²) in [5.74, 6) is 1.43. The summed E-state index contributed by atoms with van der Waals surface area (Å²) in [5.41, 5.74) is 1.16. The SMILES string of the molecule is CCN(CC)[C@H](CNC(=O)c1c(C)noc1C(C)C)c1ccco1. The zero-order chi connectivity index (χ0) is 17.7. The van der Waals surface area contributed by atoms with E-state index in [9.17, 15) is 4.79 Å². The number of hydrogen-bond acceptors (Lipinski definition) is 5. The standard InChI is InChI=1S/C18H27N3O3/c1-6-21(7-2)14(15-9-8-10-23-15)11-19-18(22)16-13(5)20-24-17(16)12(3)4/h8-10,12,14H,6-7,11H2,1-5H3,(H,19,22)/t14-/m1/s1. The van der Waals surface area contributed by atoms with Gasteiger partial charge >= 0.3 is 0 Å². The van der Waals surface area contributed by atoms with Crippen LogP contribution >= 0.6 is 0 Å². The number of aryl methyl sites for hydroxylation is 1. The summed E-state index contributed by atoms with van der Waals surface area (Å²) in [6.07, 6.45) is 1.66. The van der Waals surface area contributed by atoms with Crippen LogP contribution in [-0.4, -0.2) is 35.6 Å². The van der Waals surface area contributed by atoms with Crippen LogP contribution in [0.15, 0.2) is 27.3 Å². The molecule has 0 saturated heterocycles. The summed E-state index contributed by atoms with van der Waals surface area (Å²) in [5, 5.41) is 6.96. The maximum absolute atomic E-state index is 12.7. The first kappa shape index (κ1) is 18.3. The van der Waals surface area contributed by atoms with Crippen molar-refractivity contribution in [2.75, 3.05) is 19.6 Å². The van der Waals surface area contributed by atoms with Gasteiger partial charge < -0.3 is 14.3 Å². The fourth-order valence-electron chi connectivity index (χ4n) is 2.89. The number of nitrogens with one attached hydrogen (secondary N) is 1. The topological polar surface area (TPSA) is 71.5 Å². The van der Waals surface area contributed by atoms with E-state index in [1.165, 1.54) is 0 Å². The molecule has 24 heavy (non-hydrogen) atoms. The third-order valence-electron chi connectivity index (χ3n) is 4.22. The summed E-state index contributed by atoms with van der Waals surface area (Å²) >= 11 is 0. The molecular weight excluding hydrogens is 306 g/mol. The molecule has 0 radical (unpaired) electrons. The number of nitrogens with zero attached hydrogens (tertiary/aromatic N) is 2. The molecule has 6 nitrogen and oxygen atoms in total. The zero-order valence-electron chi connectivity index (χ0n) is 15.1. The first-order chi connectivity index (χ1) is 11.5. The van der Waals surface area contributed by atoms with Gasteiger partial charge in [0.05, 0.1) is 18.0 Å². The fourth-order valence-corrected chi connectivity index (χ4v) is 2.89. The molecule has 1 atom stereocenters. The van der Waals surface area contributed by atoms with Crippen LogP contribution in [0.5, 0.6) is 0 Å². The molecule has 0 unspecified atom stereocenters. The molecule has 0 saturated carbocycles. The molecule has 132 valence electrons. The van der Waals surface area contributed by atoms with Crippen molar-refractivity contribution in [3.63, 3.8) is 0 Å². The average molecular weight is 333 g/mol. The molecule has 0 aliphatic rings. The number of aromatic nitrogens is 1. The highest BCUT2D eigenvalue weighted by atomic mass is 16.5. The second-order valence-electron chi connectivity index (χ2n) is 6.12. The number of likely N-dealkylation sites (N-methyl/N-ethyl adjacent to an activating group) is 1. The first-order valence-electron chi connectivity index (χ1n) is 8.51. The summed E-state index contributed by atoms with van der Waals surface area (Å²) in [6, 6.07) is 3.82. The van der Waals surface area contributed by atoms with E-state index < -0.39 is 0 Å². The van der Waals surface area contributed by atoms with Gasteiger partial charge in [-0.25, -0.2) is 0 Å². The maximum atomic E-state index is 12.7. The summed E-state index contributed by atoms with van der Waals surface area (Å²) in [6.45, 7) is 12.2. The van der Waals surface area contributed by atoms with Gasteiger partial charge in [0.1, 0.15) is 11.3 Å². The van der Waals surface area contributed by atoms with E-state index in [1.807, 2.05) is 26.0 Å². The van der Waals surface area contributed by atoms with Gasteiger partial charge in [-0.15, -0.1) is 0 Å². The van der Waals surface area contributed by atoms with Gasteiger partial charge in [0, 0.05) is 12.5 Å². The first-order valence-corrected chi connectivity index (χ1v) is 8.51. The Bertz CT molecular complexity index is 643. The van der Waals surface area contributed by atoms with Crippen LogP contribution in [-0.2, 0) is 0 Å². The Labute approximate surface area is 143 Å². The Hall–Kier alpha value is -2.08. The predicted octanol–water partition coefficient (Wildman–Crippen LogP) is 3.51. The summed E-state index contributed by atoms with van der Waals surface area (Å²) in [7, 11) is 0. The lowest BCUT2D eigenvalue weighted by Gasteiger charge is -2.28. The van der Waals surface area contributed by atoms with E-state index in [2.05, 4.69) is 29.2 Å². The van der Waals surface area contributed by atoms with Crippen molar-refractivity contribution in [1.82, 2.24) is 15.4 Å². The van der Waals surface area contributed by atoms with E-state index in [0.29, 0.717) is 23.6 Å². The van der Waals surface area contributed by atoms with Gasteiger partial charge in [0.2, 0.25) is 0 Å². The van der Waals surface area contributed by atoms with Crippen molar-refractivity contribution in [1.29, 1.82) is 0 Å². The highest BCUT2D eigenvalue weighted by Gasteiger charge is 2.25. The van der Waals surface area contributed by atoms with Gasteiger partial charge in [0.15, 0.2) is 5.76 Å². The van der Waals surface area contributed by atoms with Gasteiger partial charge in [-0.05, 0) is 32.1 Å². The highest BCUT2D eigenvalue weighted by molar-refractivity contribution is 5.96. The molecule has 0 aliphatic carbocycles. The van der Waals surface area contributed by atoms with E-state index in [0.717, 1.165) is 18.8 Å². The lowest BCUT2D eigenvalue weighted by atomic mass is 10.0. The van der Waals surface area contributed by atoms with Crippen LogP contribution in [0.2, 0.25) is 0 Å². The molecule has 2 aromatic rings. The highest BCUT2D eigenvalue weighted by Crippen LogP contribution is 2.23. The van der Waals surface area contributed by atoms with E-state index in [-0.39, 0.29) is 17.9 Å². The molecular formula is C18H27N3O3. The number of amides is 1. The molecule has 0 aliphatic heterocycles. The molecule has 0 aromatic carbocycles. The van der Waals surface area contributed by atoms with E-state index in [1.54, 1.807) is 13.2 Å². The van der Waals surface area contributed by atoms with E-state index >= 15 is 0 Å². The minimum absolute atomic E-state index is 0.00150. The second kappa shape index (κ2) is 8.15. The number of carbonyl (C=O) groups is 1. The molecule has 6 heteroatoms. The normalized spacial score (nSPS) is 12.8. The Balaban J connectivity index is 2.15. The molecule has 1 amide bonds. The van der Waals surface area contributed by atoms with Crippen molar-refractivity contribution >= 4 is 5.91 Å². The molecule has 0 spiro atoms. The third-order valence-corrected chi connectivity index (χ3v) is 4.22. The number of rotatable bonds is 8. The zero-order valence-corrected chi connectivity index (χ0v) is 15.1. The van der Waals surface area contributed by atoms with Crippen LogP contribution in [0.4, 0.5) is 0 Å². The molecule has 0 fully saturated rings. The maximum Gasteiger partial charge on any atom is 0.256 e. The molecule has 2 rings (SSSR count). The molecule has 2 heterocycles. The number of carbonyl (C=O) groups excluding carboxylic acids is 1. The Morgan fingerprint density at radius 2 is 2.04 bits per heavy atom. The second-order valence-corrected chi connectivity index (χ2v) is 6.12. The lowest BCUT2D eigenvalue weighted by molar-refractivity contribution is 0.0926. The number of hydrogen-bond donors (Lipinski definition) is 1. The molecule has 0 bridgehead atoms. The monoisotopic (exact) mass is 333 g/mol. The summed E-state index contributed by atoms with van der Waals surface area (Å²) < 4.78 is 10.9. The van der Waals surface area contributed by atoms with Crippen molar-refractivity contribution in [3.05, 3.63) is 41.2 Å². The van der Waals surface area contributed by atoms with E-state index in [4.69, 9.17) is 8.94 Å². The average Bonchev–Trinajstić information content (AvgIpc) is 3.20. The fraction of sp³-hybridized carbons (Fsp3) is 0.556. The molecule has 2 aromatic heterocycles. The smallest absolute Gasteiger partial charge is 0.256 e. The van der Waals surface area contributed by atoms with Gasteiger partial charge in [-0.3, -0.25) is 9.69 Å². The van der Waals surface area contributed by atoms with Crippen LogP contribution in [0, 0.1) is 6.92 Å². The van der Waals surface area contributed by atoms with Crippen molar-refractivity contribution < 1.29 is 13.7 Å². The van der Waals surface area contributed by atoms with Crippen LogP contribution < -0.4 is 5.32 Å². The predicted molar refractivity (Wildman–Crippen MR) is 92.0 cm³/mol. The lowest BCUT2D eigenvalue weighted by Crippen LogP contribution is -2.38. The van der Waals surface area contributed by atoms with Crippen molar-refractivity contribution in [2.24, 2.45) is 0 Å². The largest absolute Gasteiger partial charge is 0.468 e. The summed E-state index contributed by atoms with van der Waals surface area (Å²) in [4.78, 5) is 14.9. The van der Waals surface area contributed by atoms with Crippen molar-refractivity contribution in [2.45, 2.75) is 46.6 Å². The Morgan fingerprint density at radius 1 is 1.33 bits per heavy atom.